The fourth-order valence-corrected chi connectivity index (χ4v) is 2.48. The van der Waals surface area contributed by atoms with Gasteiger partial charge in [0, 0.05) is 11.9 Å². The highest BCUT2D eigenvalue weighted by Crippen LogP contribution is 2.30. The molecular formula is C17H12Cl2N4O. The van der Waals surface area contributed by atoms with Crippen molar-refractivity contribution in [3.8, 4) is 0 Å². The van der Waals surface area contributed by atoms with Gasteiger partial charge in [-0.3, -0.25) is 4.79 Å². The third-order valence-corrected chi connectivity index (χ3v) is 3.75. The van der Waals surface area contributed by atoms with Gasteiger partial charge in [0.15, 0.2) is 0 Å². The van der Waals surface area contributed by atoms with Gasteiger partial charge in [-0.05, 0) is 30.3 Å². The van der Waals surface area contributed by atoms with E-state index in [9.17, 15) is 4.79 Å². The van der Waals surface area contributed by atoms with Crippen LogP contribution in [0.25, 0.3) is 0 Å². The SMILES string of the molecule is O=C(Nc1c(Cl)cccc1Cl)c1ccnc(Nc2ccccc2)n1. The molecule has 0 aliphatic heterocycles. The van der Waals surface area contributed by atoms with E-state index in [1.54, 1.807) is 18.2 Å². The molecule has 3 rings (SSSR count). The molecule has 0 saturated carbocycles. The summed E-state index contributed by atoms with van der Waals surface area (Å²) in [5, 5.41) is 6.40. The van der Waals surface area contributed by atoms with Crippen molar-refractivity contribution in [2.75, 3.05) is 10.6 Å². The zero-order valence-electron chi connectivity index (χ0n) is 12.3. The van der Waals surface area contributed by atoms with Gasteiger partial charge in [0.25, 0.3) is 5.91 Å². The summed E-state index contributed by atoms with van der Waals surface area (Å²) < 4.78 is 0. The van der Waals surface area contributed by atoms with Gasteiger partial charge in [-0.2, -0.15) is 0 Å². The summed E-state index contributed by atoms with van der Waals surface area (Å²) >= 11 is 12.1. The van der Waals surface area contributed by atoms with Gasteiger partial charge in [-0.1, -0.05) is 47.5 Å². The number of aromatic nitrogens is 2. The Bertz CT molecular complexity index is 851. The zero-order chi connectivity index (χ0) is 16.9. The zero-order valence-corrected chi connectivity index (χ0v) is 13.8. The van der Waals surface area contributed by atoms with Gasteiger partial charge < -0.3 is 10.6 Å². The van der Waals surface area contributed by atoms with Crippen LogP contribution in [0.3, 0.4) is 0 Å². The van der Waals surface area contributed by atoms with Crippen LogP contribution in [0.4, 0.5) is 17.3 Å². The number of halogens is 2. The number of carbonyl (C=O) groups is 1. The third-order valence-electron chi connectivity index (χ3n) is 3.12. The van der Waals surface area contributed by atoms with E-state index in [1.165, 1.54) is 12.3 Å². The van der Waals surface area contributed by atoms with Gasteiger partial charge in [0.2, 0.25) is 5.95 Å². The lowest BCUT2D eigenvalue weighted by Crippen LogP contribution is -2.15. The first kappa shape index (κ1) is 16.2. The predicted molar refractivity (Wildman–Crippen MR) is 96.2 cm³/mol. The van der Waals surface area contributed by atoms with Crippen molar-refractivity contribution in [1.29, 1.82) is 0 Å². The van der Waals surface area contributed by atoms with Crippen LogP contribution in [0.5, 0.6) is 0 Å². The molecule has 2 N–H and O–H groups in total. The highest BCUT2D eigenvalue weighted by molar-refractivity contribution is 6.40. The summed E-state index contributed by atoms with van der Waals surface area (Å²) in [6.07, 6.45) is 1.50. The summed E-state index contributed by atoms with van der Waals surface area (Å²) in [6, 6.07) is 15.9. The summed E-state index contributed by atoms with van der Waals surface area (Å²) in [5.41, 5.74) is 1.37. The number of para-hydroxylation sites is 2. The molecule has 2 aromatic carbocycles. The maximum absolute atomic E-state index is 12.4. The van der Waals surface area contributed by atoms with Gasteiger partial charge >= 0.3 is 0 Å². The number of nitrogens with zero attached hydrogens (tertiary/aromatic N) is 2. The van der Waals surface area contributed by atoms with Gasteiger partial charge in [-0.15, -0.1) is 0 Å². The average molecular weight is 359 g/mol. The Morgan fingerprint density at radius 2 is 1.62 bits per heavy atom. The highest BCUT2D eigenvalue weighted by atomic mass is 35.5. The molecular weight excluding hydrogens is 347 g/mol. The smallest absolute Gasteiger partial charge is 0.274 e. The molecule has 24 heavy (non-hydrogen) atoms. The number of hydrogen-bond acceptors (Lipinski definition) is 4. The fraction of sp³-hybridized carbons (Fsp3) is 0. The minimum absolute atomic E-state index is 0.194. The van der Waals surface area contributed by atoms with Gasteiger partial charge in [-0.25, -0.2) is 9.97 Å². The summed E-state index contributed by atoms with van der Waals surface area (Å²) in [6.45, 7) is 0. The minimum Gasteiger partial charge on any atom is -0.324 e. The van der Waals surface area contributed by atoms with E-state index in [0.717, 1.165) is 5.69 Å². The first-order chi connectivity index (χ1) is 11.6. The quantitative estimate of drug-likeness (QED) is 0.704. The lowest BCUT2D eigenvalue weighted by molar-refractivity contribution is 0.102. The van der Waals surface area contributed by atoms with E-state index in [1.807, 2.05) is 30.3 Å². The van der Waals surface area contributed by atoms with Crippen molar-refractivity contribution in [2.24, 2.45) is 0 Å². The summed E-state index contributed by atoms with van der Waals surface area (Å²) in [5.74, 6) is -0.109. The molecule has 3 aromatic rings. The van der Waals surface area contributed by atoms with Crippen molar-refractivity contribution in [2.45, 2.75) is 0 Å². The van der Waals surface area contributed by atoms with Gasteiger partial charge in [0.1, 0.15) is 5.69 Å². The normalized spacial score (nSPS) is 10.2. The van der Waals surface area contributed by atoms with Crippen molar-refractivity contribution in [1.82, 2.24) is 9.97 Å². The fourth-order valence-electron chi connectivity index (χ4n) is 1.99. The van der Waals surface area contributed by atoms with Crippen molar-refractivity contribution < 1.29 is 4.79 Å². The number of rotatable bonds is 4. The molecule has 0 aliphatic carbocycles. The highest BCUT2D eigenvalue weighted by Gasteiger charge is 2.13. The molecule has 0 spiro atoms. The topological polar surface area (TPSA) is 66.9 Å². The van der Waals surface area contributed by atoms with E-state index in [0.29, 0.717) is 21.7 Å². The molecule has 0 aliphatic rings. The van der Waals surface area contributed by atoms with Gasteiger partial charge in [0.05, 0.1) is 15.7 Å². The second kappa shape index (κ2) is 7.29. The Hall–Kier alpha value is -2.63. The average Bonchev–Trinajstić information content (AvgIpc) is 2.59. The van der Waals surface area contributed by atoms with E-state index in [2.05, 4.69) is 20.6 Å². The second-order valence-corrected chi connectivity index (χ2v) is 5.62. The Morgan fingerprint density at radius 1 is 0.917 bits per heavy atom. The molecule has 0 radical (unpaired) electrons. The Morgan fingerprint density at radius 3 is 2.33 bits per heavy atom. The van der Waals surface area contributed by atoms with Crippen LogP contribution in [0.2, 0.25) is 10.0 Å². The van der Waals surface area contributed by atoms with Crippen LogP contribution >= 0.6 is 23.2 Å². The van der Waals surface area contributed by atoms with Crippen LogP contribution < -0.4 is 10.6 Å². The number of hydrogen-bond donors (Lipinski definition) is 2. The molecule has 7 heteroatoms. The molecule has 0 bridgehead atoms. The first-order valence-corrected chi connectivity index (χ1v) is 7.79. The number of benzene rings is 2. The number of carbonyl (C=O) groups excluding carboxylic acids is 1. The first-order valence-electron chi connectivity index (χ1n) is 7.04. The predicted octanol–water partition coefficient (Wildman–Crippen LogP) is 4.78. The van der Waals surface area contributed by atoms with E-state index < -0.39 is 5.91 Å². The molecule has 5 nitrogen and oxygen atoms in total. The number of anilines is 3. The van der Waals surface area contributed by atoms with Crippen LogP contribution in [0.15, 0.2) is 60.8 Å². The molecule has 0 unspecified atom stereocenters. The van der Waals surface area contributed by atoms with E-state index >= 15 is 0 Å². The number of nitrogens with one attached hydrogen (secondary N) is 2. The largest absolute Gasteiger partial charge is 0.324 e. The van der Waals surface area contributed by atoms with Crippen molar-refractivity contribution >= 4 is 46.4 Å². The van der Waals surface area contributed by atoms with E-state index in [-0.39, 0.29) is 5.69 Å². The Balaban J connectivity index is 1.80. The van der Waals surface area contributed by atoms with Crippen molar-refractivity contribution in [3.05, 3.63) is 76.5 Å². The number of amides is 1. The van der Waals surface area contributed by atoms with Crippen LogP contribution in [-0.4, -0.2) is 15.9 Å². The lowest BCUT2D eigenvalue weighted by atomic mass is 10.3. The maximum Gasteiger partial charge on any atom is 0.274 e. The molecule has 1 aromatic heterocycles. The summed E-state index contributed by atoms with van der Waals surface area (Å²) in [4.78, 5) is 20.7. The van der Waals surface area contributed by atoms with Crippen LogP contribution in [0, 0.1) is 0 Å². The third kappa shape index (κ3) is 3.82. The van der Waals surface area contributed by atoms with E-state index in [4.69, 9.17) is 23.2 Å². The molecule has 0 fully saturated rings. The van der Waals surface area contributed by atoms with Crippen LogP contribution in [0.1, 0.15) is 10.5 Å². The Kier molecular flexibility index (Phi) is 4.93. The van der Waals surface area contributed by atoms with Crippen molar-refractivity contribution in [3.63, 3.8) is 0 Å². The summed E-state index contributed by atoms with van der Waals surface area (Å²) in [7, 11) is 0. The molecule has 0 atom stereocenters. The standard InChI is InChI=1S/C17H12Cl2N4O/c18-12-7-4-8-13(19)15(12)23-16(24)14-9-10-20-17(22-14)21-11-5-2-1-3-6-11/h1-10H,(H,23,24)(H,20,21,22). The molecule has 1 heterocycles. The van der Waals surface area contributed by atoms with Crippen LogP contribution in [-0.2, 0) is 0 Å². The Labute approximate surface area is 148 Å². The minimum atomic E-state index is -0.427. The maximum atomic E-state index is 12.4. The second-order valence-electron chi connectivity index (χ2n) is 4.81. The molecule has 120 valence electrons. The molecule has 0 saturated heterocycles. The monoisotopic (exact) mass is 358 g/mol. The molecule has 1 amide bonds. The lowest BCUT2D eigenvalue weighted by Gasteiger charge is -2.09.